The van der Waals surface area contributed by atoms with Crippen LogP contribution in [0.15, 0.2) is 54.6 Å². The normalized spacial score (nSPS) is 10.4. The maximum absolute atomic E-state index is 12.0. The molecule has 1 amide bonds. The first kappa shape index (κ1) is 17.5. The second-order valence-corrected chi connectivity index (χ2v) is 5.89. The average Bonchev–Trinajstić information content (AvgIpc) is 2.98. The van der Waals surface area contributed by atoms with Gasteiger partial charge in [-0.15, -0.1) is 0 Å². The number of H-pyrrole nitrogens is 1. The molecule has 6 nitrogen and oxygen atoms in total. The number of hydrogen-bond acceptors (Lipinski definition) is 4. The maximum Gasteiger partial charge on any atom is 0.262 e. The summed E-state index contributed by atoms with van der Waals surface area (Å²) in [6.45, 7) is 4.11. The number of aromatic nitrogens is 2. The summed E-state index contributed by atoms with van der Waals surface area (Å²) in [6.07, 6.45) is 0. The molecular formula is C20H21N3O3. The third-order valence-electron chi connectivity index (χ3n) is 3.83. The van der Waals surface area contributed by atoms with E-state index in [4.69, 9.17) is 9.47 Å². The molecule has 0 fully saturated rings. The predicted molar refractivity (Wildman–Crippen MR) is 99.4 cm³/mol. The van der Waals surface area contributed by atoms with Crippen LogP contribution in [0.1, 0.15) is 17.0 Å². The Labute approximate surface area is 152 Å². The van der Waals surface area contributed by atoms with Crippen molar-refractivity contribution in [2.45, 2.75) is 20.5 Å². The van der Waals surface area contributed by atoms with Gasteiger partial charge in [0.2, 0.25) is 0 Å². The number of carbonyl (C=O) groups excluding carboxylic acids is 1. The number of benzene rings is 2. The maximum atomic E-state index is 12.0. The fourth-order valence-corrected chi connectivity index (χ4v) is 2.43. The minimum absolute atomic E-state index is 0.0751. The van der Waals surface area contributed by atoms with Crippen LogP contribution in [0.4, 0.5) is 5.69 Å². The van der Waals surface area contributed by atoms with Crippen LogP contribution in [-0.2, 0) is 11.4 Å². The standard InChI is InChI=1S/C20H21N3O3/c1-14-20(15(2)23-22-14)21-19(24)13-26-18-10-8-17(9-11-18)25-12-16-6-4-3-5-7-16/h3-11H,12-13H2,1-2H3,(H,21,24)(H,22,23). The molecular weight excluding hydrogens is 330 g/mol. The Bertz CT molecular complexity index is 838. The largest absolute Gasteiger partial charge is 0.489 e. The average molecular weight is 351 g/mol. The Morgan fingerprint density at radius 1 is 1.00 bits per heavy atom. The zero-order valence-corrected chi connectivity index (χ0v) is 14.8. The topological polar surface area (TPSA) is 76.2 Å². The summed E-state index contributed by atoms with van der Waals surface area (Å²) in [6, 6.07) is 17.2. The summed E-state index contributed by atoms with van der Waals surface area (Å²) in [5.74, 6) is 1.12. The molecule has 1 heterocycles. The Balaban J connectivity index is 1.47. The number of nitrogens with one attached hydrogen (secondary N) is 2. The molecule has 3 aromatic rings. The number of aromatic amines is 1. The van der Waals surface area contributed by atoms with Crippen LogP contribution >= 0.6 is 0 Å². The second-order valence-electron chi connectivity index (χ2n) is 5.89. The SMILES string of the molecule is Cc1n[nH]c(C)c1NC(=O)COc1ccc(OCc2ccccc2)cc1. The van der Waals surface area contributed by atoms with E-state index in [-0.39, 0.29) is 12.5 Å². The molecule has 26 heavy (non-hydrogen) atoms. The fourth-order valence-electron chi connectivity index (χ4n) is 2.43. The van der Waals surface area contributed by atoms with Crippen LogP contribution in [0, 0.1) is 13.8 Å². The third kappa shape index (κ3) is 4.63. The molecule has 0 saturated carbocycles. The highest BCUT2D eigenvalue weighted by Gasteiger charge is 2.10. The summed E-state index contributed by atoms with van der Waals surface area (Å²) in [4.78, 5) is 12.0. The lowest BCUT2D eigenvalue weighted by Crippen LogP contribution is -2.20. The number of ether oxygens (including phenoxy) is 2. The number of aryl methyl sites for hydroxylation is 2. The summed E-state index contributed by atoms with van der Waals surface area (Å²) in [7, 11) is 0. The highest BCUT2D eigenvalue weighted by atomic mass is 16.5. The van der Waals surface area contributed by atoms with Crippen molar-refractivity contribution in [1.82, 2.24) is 10.2 Å². The lowest BCUT2D eigenvalue weighted by atomic mass is 10.2. The van der Waals surface area contributed by atoms with Crippen LogP contribution in [0.2, 0.25) is 0 Å². The summed E-state index contributed by atoms with van der Waals surface area (Å²) in [5, 5.41) is 9.66. The van der Waals surface area contributed by atoms with Gasteiger partial charge in [0, 0.05) is 0 Å². The quantitative estimate of drug-likeness (QED) is 0.682. The van der Waals surface area contributed by atoms with Gasteiger partial charge in [-0.2, -0.15) is 5.10 Å². The monoisotopic (exact) mass is 351 g/mol. The van der Waals surface area contributed by atoms with Gasteiger partial charge in [0.15, 0.2) is 6.61 Å². The summed E-state index contributed by atoms with van der Waals surface area (Å²) < 4.78 is 11.2. The van der Waals surface area contributed by atoms with Gasteiger partial charge in [0.25, 0.3) is 5.91 Å². The molecule has 0 aliphatic rings. The van der Waals surface area contributed by atoms with Crippen molar-refractivity contribution in [1.29, 1.82) is 0 Å². The van der Waals surface area contributed by atoms with Crippen LogP contribution in [0.25, 0.3) is 0 Å². The van der Waals surface area contributed by atoms with E-state index in [1.165, 1.54) is 0 Å². The summed E-state index contributed by atoms with van der Waals surface area (Å²) in [5.41, 5.74) is 3.36. The van der Waals surface area contributed by atoms with Crippen molar-refractivity contribution in [3.8, 4) is 11.5 Å². The summed E-state index contributed by atoms with van der Waals surface area (Å²) >= 11 is 0. The van der Waals surface area contributed by atoms with Crippen LogP contribution < -0.4 is 14.8 Å². The van der Waals surface area contributed by atoms with E-state index in [9.17, 15) is 4.79 Å². The molecule has 0 radical (unpaired) electrons. The third-order valence-corrected chi connectivity index (χ3v) is 3.83. The Hall–Kier alpha value is -3.28. The van der Waals surface area contributed by atoms with Crippen molar-refractivity contribution in [2.75, 3.05) is 11.9 Å². The first-order chi connectivity index (χ1) is 12.6. The molecule has 0 bridgehead atoms. The van der Waals surface area contributed by atoms with E-state index in [1.807, 2.05) is 56.3 Å². The molecule has 134 valence electrons. The number of carbonyl (C=O) groups is 1. The molecule has 2 N–H and O–H groups in total. The fraction of sp³-hybridized carbons (Fsp3) is 0.200. The highest BCUT2D eigenvalue weighted by Crippen LogP contribution is 2.19. The minimum atomic E-state index is -0.234. The van der Waals surface area contributed by atoms with Gasteiger partial charge in [0.1, 0.15) is 18.1 Å². The van der Waals surface area contributed by atoms with Crippen molar-refractivity contribution in [3.63, 3.8) is 0 Å². The van der Waals surface area contributed by atoms with Crippen molar-refractivity contribution in [3.05, 3.63) is 71.5 Å². The molecule has 0 atom stereocenters. The van der Waals surface area contributed by atoms with E-state index in [0.29, 0.717) is 18.0 Å². The van der Waals surface area contributed by atoms with E-state index >= 15 is 0 Å². The Morgan fingerprint density at radius 2 is 1.65 bits per heavy atom. The van der Waals surface area contributed by atoms with Gasteiger partial charge in [-0.25, -0.2) is 0 Å². The smallest absolute Gasteiger partial charge is 0.262 e. The predicted octanol–water partition coefficient (Wildman–Crippen LogP) is 3.62. The van der Waals surface area contributed by atoms with Crippen molar-refractivity contribution < 1.29 is 14.3 Å². The van der Waals surface area contributed by atoms with E-state index in [1.54, 1.807) is 12.1 Å². The van der Waals surface area contributed by atoms with E-state index in [0.717, 1.165) is 22.7 Å². The van der Waals surface area contributed by atoms with Gasteiger partial charge < -0.3 is 14.8 Å². The first-order valence-electron chi connectivity index (χ1n) is 8.33. The number of anilines is 1. The molecule has 0 spiro atoms. The van der Waals surface area contributed by atoms with Gasteiger partial charge in [-0.3, -0.25) is 9.89 Å². The Morgan fingerprint density at radius 3 is 2.27 bits per heavy atom. The van der Waals surface area contributed by atoms with Gasteiger partial charge in [0.05, 0.1) is 17.1 Å². The number of rotatable bonds is 7. The molecule has 0 aliphatic heterocycles. The number of nitrogens with zero attached hydrogens (tertiary/aromatic N) is 1. The lowest BCUT2D eigenvalue weighted by Gasteiger charge is -2.09. The molecule has 1 aromatic heterocycles. The molecule has 0 unspecified atom stereocenters. The van der Waals surface area contributed by atoms with Crippen LogP contribution in [0.5, 0.6) is 11.5 Å². The second kappa shape index (κ2) is 8.20. The lowest BCUT2D eigenvalue weighted by molar-refractivity contribution is -0.118. The van der Waals surface area contributed by atoms with Gasteiger partial charge >= 0.3 is 0 Å². The zero-order valence-electron chi connectivity index (χ0n) is 14.8. The zero-order chi connectivity index (χ0) is 18.4. The molecule has 3 rings (SSSR count). The van der Waals surface area contributed by atoms with Crippen LogP contribution in [0.3, 0.4) is 0 Å². The Kier molecular flexibility index (Phi) is 5.53. The first-order valence-corrected chi connectivity index (χ1v) is 8.33. The van der Waals surface area contributed by atoms with E-state index in [2.05, 4.69) is 15.5 Å². The van der Waals surface area contributed by atoms with Crippen molar-refractivity contribution >= 4 is 11.6 Å². The van der Waals surface area contributed by atoms with Gasteiger partial charge in [-0.1, -0.05) is 30.3 Å². The van der Waals surface area contributed by atoms with Crippen LogP contribution in [-0.4, -0.2) is 22.7 Å². The molecule has 6 heteroatoms. The molecule has 0 aliphatic carbocycles. The molecule has 2 aromatic carbocycles. The van der Waals surface area contributed by atoms with Crippen molar-refractivity contribution in [2.24, 2.45) is 0 Å². The van der Waals surface area contributed by atoms with E-state index < -0.39 is 0 Å². The molecule has 0 saturated heterocycles. The highest BCUT2D eigenvalue weighted by molar-refractivity contribution is 5.92. The number of amides is 1. The minimum Gasteiger partial charge on any atom is -0.489 e. The van der Waals surface area contributed by atoms with Gasteiger partial charge in [-0.05, 0) is 43.7 Å². The number of hydrogen-bond donors (Lipinski definition) is 2.